The molecule has 0 spiro atoms. The molecule has 1 aromatic rings. The number of carbonyl (C=O) groups excluding carboxylic acids is 1. The molecule has 1 aliphatic rings. The van der Waals surface area contributed by atoms with Crippen molar-refractivity contribution in [3.63, 3.8) is 0 Å². The summed E-state index contributed by atoms with van der Waals surface area (Å²) < 4.78 is 35.4. The molecule has 2 rings (SSSR count). The zero-order valence-electron chi connectivity index (χ0n) is 12.7. The fourth-order valence-electron chi connectivity index (χ4n) is 2.01. The van der Waals surface area contributed by atoms with Gasteiger partial charge in [0.25, 0.3) is 0 Å². The summed E-state index contributed by atoms with van der Waals surface area (Å²) in [5.41, 5.74) is 0.734. The predicted octanol–water partition coefficient (Wildman–Crippen LogP) is 0.703. The highest BCUT2D eigenvalue weighted by atomic mass is 32.2. The second-order valence-corrected chi connectivity index (χ2v) is 7.05. The van der Waals surface area contributed by atoms with E-state index >= 15 is 0 Å². The Morgan fingerprint density at radius 3 is 2.73 bits per heavy atom. The van der Waals surface area contributed by atoms with Gasteiger partial charge in [0, 0.05) is 13.1 Å². The standard InChI is InChI=1S/C14H20N2O5S/c1-3-6-15-14(17)9-16(22(2,18)19)8-11-4-5-12-13(7-11)21-10-20-12/h4-5,7H,3,6,8-10H2,1-2H3,(H,15,17). The van der Waals surface area contributed by atoms with E-state index in [9.17, 15) is 13.2 Å². The van der Waals surface area contributed by atoms with Crippen LogP contribution in [-0.4, -0.2) is 44.8 Å². The number of sulfonamides is 1. The monoisotopic (exact) mass is 328 g/mol. The highest BCUT2D eigenvalue weighted by molar-refractivity contribution is 7.88. The fourth-order valence-corrected chi connectivity index (χ4v) is 2.75. The molecule has 8 heteroatoms. The van der Waals surface area contributed by atoms with Crippen molar-refractivity contribution in [3.8, 4) is 11.5 Å². The van der Waals surface area contributed by atoms with Gasteiger partial charge < -0.3 is 14.8 Å². The maximum absolute atomic E-state index is 11.9. The summed E-state index contributed by atoms with van der Waals surface area (Å²) in [6, 6.07) is 5.22. The lowest BCUT2D eigenvalue weighted by Gasteiger charge is -2.19. The maximum atomic E-state index is 11.9. The van der Waals surface area contributed by atoms with E-state index < -0.39 is 10.0 Å². The predicted molar refractivity (Wildman–Crippen MR) is 81.1 cm³/mol. The molecule has 0 fully saturated rings. The Balaban J connectivity index is 2.08. The van der Waals surface area contributed by atoms with Crippen molar-refractivity contribution >= 4 is 15.9 Å². The Hall–Kier alpha value is -1.80. The van der Waals surface area contributed by atoms with Gasteiger partial charge in [0.2, 0.25) is 22.7 Å². The summed E-state index contributed by atoms with van der Waals surface area (Å²) in [4.78, 5) is 11.8. The first-order valence-corrected chi connectivity index (χ1v) is 8.85. The van der Waals surface area contributed by atoms with E-state index in [0.29, 0.717) is 18.0 Å². The highest BCUT2D eigenvalue weighted by Crippen LogP contribution is 2.32. The molecule has 7 nitrogen and oxygen atoms in total. The smallest absolute Gasteiger partial charge is 0.235 e. The lowest BCUT2D eigenvalue weighted by atomic mass is 10.2. The summed E-state index contributed by atoms with van der Waals surface area (Å²) in [7, 11) is -3.50. The first-order valence-electron chi connectivity index (χ1n) is 7.00. The number of rotatable bonds is 7. The second kappa shape index (κ2) is 6.97. The van der Waals surface area contributed by atoms with Crippen LogP contribution in [0.5, 0.6) is 11.5 Å². The topological polar surface area (TPSA) is 84.9 Å². The van der Waals surface area contributed by atoms with Crippen LogP contribution in [0.1, 0.15) is 18.9 Å². The van der Waals surface area contributed by atoms with Gasteiger partial charge >= 0.3 is 0 Å². The van der Waals surface area contributed by atoms with Crippen molar-refractivity contribution in [2.24, 2.45) is 0 Å². The number of amides is 1. The fraction of sp³-hybridized carbons (Fsp3) is 0.500. The summed E-state index contributed by atoms with van der Waals surface area (Å²) in [5.74, 6) is 0.907. The van der Waals surface area contributed by atoms with Crippen LogP contribution in [0.4, 0.5) is 0 Å². The number of carbonyl (C=O) groups is 1. The molecule has 1 amide bonds. The van der Waals surface area contributed by atoms with Crippen molar-refractivity contribution < 1.29 is 22.7 Å². The number of fused-ring (bicyclic) bond motifs is 1. The molecule has 0 aromatic heterocycles. The lowest BCUT2D eigenvalue weighted by molar-refractivity contribution is -0.121. The molecule has 1 aromatic carbocycles. The number of nitrogens with zero attached hydrogens (tertiary/aromatic N) is 1. The van der Waals surface area contributed by atoms with E-state index in [4.69, 9.17) is 9.47 Å². The Labute approximate surface area is 130 Å². The van der Waals surface area contributed by atoms with E-state index in [1.807, 2.05) is 6.92 Å². The van der Waals surface area contributed by atoms with Crippen molar-refractivity contribution in [1.82, 2.24) is 9.62 Å². The number of hydrogen-bond acceptors (Lipinski definition) is 5. The van der Waals surface area contributed by atoms with Gasteiger partial charge in [-0.25, -0.2) is 8.42 Å². The van der Waals surface area contributed by atoms with Crippen LogP contribution in [0.25, 0.3) is 0 Å². The van der Waals surface area contributed by atoms with Gasteiger partial charge in [-0.15, -0.1) is 0 Å². The largest absolute Gasteiger partial charge is 0.454 e. The first-order chi connectivity index (χ1) is 10.4. The lowest BCUT2D eigenvalue weighted by Crippen LogP contribution is -2.40. The van der Waals surface area contributed by atoms with Gasteiger partial charge in [-0.1, -0.05) is 13.0 Å². The molecule has 122 valence electrons. The van der Waals surface area contributed by atoms with Gasteiger partial charge in [-0.3, -0.25) is 4.79 Å². The van der Waals surface area contributed by atoms with Crippen molar-refractivity contribution in [2.75, 3.05) is 26.1 Å². The van der Waals surface area contributed by atoms with Crippen LogP contribution >= 0.6 is 0 Å². The van der Waals surface area contributed by atoms with Gasteiger partial charge in [0.05, 0.1) is 12.8 Å². The zero-order chi connectivity index (χ0) is 16.2. The summed E-state index contributed by atoms with van der Waals surface area (Å²) in [6.07, 6.45) is 1.89. The molecular formula is C14H20N2O5S. The molecule has 0 saturated carbocycles. The molecule has 1 N–H and O–H groups in total. The Morgan fingerprint density at radius 2 is 2.05 bits per heavy atom. The maximum Gasteiger partial charge on any atom is 0.235 e. The van der Waals surface area contributed by atoms with E-state index in [1.165, 1.54) is 0 Å². The SMILES string of the molecule is CCCNC(=O)CN(Cc1ccc2c(c1)OCO2)S(C)(=O)=O. The van der Waals surface area contributed by atoms with Gasteiger partial charge in [0.1, 0.15) is 0 Å². The molecule has 0 saturated heterocycles. The van der Waals surface area contributed by atoms with Crippen molar-refractivity contribution in [2.45, 2.75) is 19.9 Å². The zero-order valence-corrected chi connectivity index (χ0v) is 13.5. The van der Waals surface area contributed by atoms with E-state index in [2.05, 4.69) is 5.32 Å². The summed E-state index contributed by atoms with van der Waals surface area (Å²) in [6.45, 7) is 2.53. The molecule has 1 heterocycles. The van der Waals surface area contributed by atoms with Gasteiger partial charge in [-0.2, -0.15) is 4.31 Å². The van der Waals surface area contributed by atoms with Gasteiger partial charge in [0.15, 0.2) is 11.5 Å². The van der Waals surface area contributed by atoms with E-state index in [-0.39, 0.29) is 25.8 Å². The minimum absolute atomic E-state index is 0.106. The average molecular weight is 328 g/mol. The number of nitrogens with one attached hydrogen (secondary N) is 1. The molecule has 22 heavy (non-hydrogen) atoms. The molecule has 1 aliphatic heterocycles. The van der Waals surface area contributed by atoms with Crippen LogP contribution in [0.2, 0.25) is 0 Å². The molecule has 0 atom stereocenters. The van der Waals surface area contributed by atoms with Crippen LogP contribution in [0, 0.1) is 0 Å². The minimum atomic E-state index is -3.50. The Morgan fingerprint density at radius 1 is 1.32 bits per heavy atom. The van der Waals surface area contributed by atoms with Crippen molar-refractivity contribution in [1.29, 1.82) is 0 Å². The van der Waals surface area contributed by atoms with Crippen LogP contribution < -0.4 is 14.8 Å². The number of hydrogen-bond donors (Lipinski definition) is 1. The second-order valence-electron chi connectivity index (χ2n) is 5.07. The molecule has 0 bridgehead atoms. The third-order valence-corrected chi connectivity index (χ3v) is 4.35. The molecule has 0 radical (unpaired) electrons. The highest BCUT2D eigenvalue weighted by Gasteiger charge is 2.22. The minimum Gasteiger partial charge on any atom is -0.454 e. The summed E-state index contributed by atoms with van der Waals surface area (Å²) >= 11 is 0. The molecule has 0 aliphatic carbocycles. The van der Waals surface area contributed by atoms with E-state index in [1.54, 1.807) is 18.2 Å². The number of ether oxygens (including phenoxy) is 2. The Kier molecular flexibility index (Phi) is 5.25. The summed E-state index contributed by atoms with van der Waals surface area (Å²) in [5, 5.41) is 2.67. The third-order valence-electron chi connectivity index (χ3n) is 3.16. The quantitative estimate of drug-likeness (QED) is 0.796. The Bertz CT molecular complexity index is 645. The van der Waals surface area contributed by atoms with Crippen LogP contribution in [-0.2, 0) is 21.4 Å². The molecular weight excluding hydrogens is 308 g/mol. The average Bonchev–Trinajstić information content (AvgIpc) is 2.91. The normalized spacial score (nSPS) is 13.4. The molecule has 0 unspecified atom stereocenters. The van der Waals surface area contributed by atoms with E-state index in [0.717, 1.165) is 22.5 Å². The third kappa shape index (κ3) is 4.35. The van der Waals surface area contributed by atoms with Crippen LogP contribution in [0.3, 0.4) is 0 Å². The van der Waals surface area contributed by atoms with Crippen LogP contribution in [0.15, 0.2) is 18.2 Å². The van der Waals surface area contributed by atoms with Gasteiger partial charge in [-0.05, 0) is 24.1 Å². The van der Waals surface area contributed by atoms with Crippen molar-refractivity contribution in [3.05, 3.63) is 23.8 Å². The number of benzene rings is 1. The first kappa shape index (κ1) is 16.6.